The molecule has 0 aliphatic carbocycles. The Morgan fingerprint density at radius 1 is 1.22 bits per heavy atom. The summed E-state index contributed by atoms with van der Waals surface area (Å²) in [6, 6.07) is 9.45. The highest BCUT2D eigenvalue weighted by Gasteiger charge is 2.37. The van der Waals surface area contributed by atoms with Gasteiger partial charge in [0.25, 0.3) is 11.7 Å². The molecule has 7 heteroatoms. The second-order valence-corrected chi connectivity index (χ2v) is 7.37. The van der Waals surface area contributed by atoms with Gasteiger partial charge in [0.15, 0.2) is 0 Å². The lowest BCUT2D eigenvalue weighted by Crippen LogP contribution is -2.47. The number of amides is 1. The minimum atomic E-state index is -0.206. The van der Waals surface area contributed by atoms with Crippen molar-refractivity contribution in [1.29, 1.82) is 0 Å². The van der Waals surface area contributed by atoms with E-state index in [1.54, 1.807) is 17.0 Å². The van der Waals surface area contributed by atoms with E-state index < -0.39 is 0 Å². The van der Waals surface area contributed by atoms with Gasteiger partial charge in [-0.1, -0.05) is 6.92 Å². The molecule has 0 bridgehead atoms. The molecule has 5 rings (SSSR count). The van der Waals surface area contributed by atoms with Crippen molar-refractivity contribution < 1.29 is 9.21 Å². The highest BCUT2D eigenvalue weighted by Crippen LogP contribution is 2.34. The average Bonchev–Trinajstić information content (AvgIpc) is 3.35. The van der Waals surface area contributed by atoms with Gasteiger partial charge in [0, 0.05) is 35.7 Å². The van der Waals surface area contributed by atoms with Crippen molar-refractivity contribution in [2.24, 2.45) is 0 Å². The Morgan fingerprint density at radius 2 is 2.15 bits per heavy atom. The third kappa shape index (κ3) is 2.58. The molecule has 0 N–H and O–H groups in total. The summed E-state index contributed by atoms with van der Waals surface area (Å²) in [7, 11) is 0. The molecule has 1 fully saturated rings. The second-order valence-electron chi connectivity index (χ2n) is 7.37. The van der Waals surface area contributed by atoms with Crippen LogP contribution in [0.4, 0.5) is 0 Å². The van der Waals surface area contributed by atoms with E-state index in [2.05, 4.69) is 22.0 Å². The first kappa shape index (κ1) is 16.0. The fourth-order valence-electron chi connectivity index (χ4n) is 4.10. The van der Waals surface area contributed by atoms with Crippen LogP contribution in [-0.2, 0) is 5.41 Å². The summed E-state index contributed by atoms with van der Waals surface area (Å²) in [5.74, 6) is 0.635. The van der Waals surface area contributed by atoms with Gasteiger partial charge in [-0.15, -0.1) is 0 Å². The van der Waals surface area contributed by atoms with E-state index >= 15 is 0 Å². The van der Waals surface area contributed by atoms with Gasteiger partial charge in [-0.05, 0) is 43.2 Å². The Hall–Kier alpha value is -3.22. The number of hydrogen-bond donors (Lipinski definition) is 0. The SMILES string of the molecule is CC1(c2ccnc3ncnn23)CCCN(C(=O)c2ccc3occc3c2)C1. The van der Waals surface area contributed by atoms with Crippen molar-refractivity contribution in [3.05, 3.63) is 60.4 Å². The number of rotatable bonds is 2. The molecule has 0 saturated carbocycles. The van der Waals surface area contributed by atoms with Crippen molar-refractivity contribution in [2.75, 3.05) is 13.1 Å². The van der Waals surface area contributed by atoms with Crippen LogP contribution in [0.3, 0.4) is 0 Å². The van der Waals surface area contributed by atoms with Crippen LogP contribution in [0, 0.1) is 0 Å². The molecular formula is C20H19N5O2. The molecule has 0 spiro atoms. The lowest BCUT2D eigenvalue weighted by Gasteiger charge is -2.40. The fourth-order valence-corrected chi connectivity index (χ4v) is 4.10. The van der Waals surface area contributed by atoms with Crippen LogP contribution in [0.15, 0.2) is 53.5 Å². The van der Waals surface area contributed by atoms with Crippen molar-refractivity contribution in [2.45, 2.75) is 25.2 Å². The number of nitrogens with zero attached hydrogens (tertiary/aromatic N) is 5. The van der Waals surface area contributed by atoms with Crippen LogP contribution in [-0.4, -0.2) is 43.5 Å². The molecule has 4 aromatic rings. The standard InChI is InChI=1S/C20H19N5O2/c1-20(17-5-8-21-19-22-13-23-25(17)19)7-2-9-24(12-20)18(26)15-3-4-16-14(11-15)6-10-27-16/h3-6,8,10-11,13H,2,7,9,12H2,1H3. The monoisotopic (exact) mass is 361 g/mol. The molecule has 4 heterocycles. The summed E-state index contributed by atoms with van der Waals surface area (Å²) in [4.78, 5) is 23.5. The number of benzene rings is 1. The van der Waals surface area contributed by atoms with E-state index in [0.29, 0.717) is 17.9 Å². The zero-order valence-electron chi connectivity index (χ0n) is 15.0. The summed E-state index contributed by atoms with van der Waals surface area (Å²) in [6.07, 6.45) is 6.84. The van der Waals surface area contributed by atoms with Crippen molar-refractivity contribution in [3.63, 3.8) is 0 Å². The second kappa shape index (κ2) is 5.90. The van der Waals surface area contributed by atoms with Gasteiger partial charge in [-0.3, -0.25) is 4.79 Å². The van der Waals surface area contributed by atoms with Crippen LogP contribution < -0.4 is 0 Å². The zero-order chi connectivity index (χ0) is 18.4. The first-order valence-corrected chi connectivity index (χ1v) is 9.06. The zero-order valence-corrected chi connectivity index (χ0v) is 15.0. The first-order chi connectivity index (χ1) is 13.1. The smallest absolute Gasteiger partial charge is 0.253 e. The van der Waals surface area contributed by atoms with Gasteiger partial charge < -0.3 is 9.32 Å². The van der Waals surface area contributed by atoms with E-state index in [-0.39, 0.29) is 11.3 Å². The molecule has 136 valence electrons. The van der Waals surface area contributed by atoms with Crippen molar-refractivity contribution in [1.82, 2.24) is 24.5 Å². The van der Waals surface area contributed by atoms with Crippen LogP contribution in [0.25, 0.3) is 16.7 Å². The van der Waals surface area contributed by atoms with Crippen LogP contribution in [0.1, 0.15) is 35.8 Å². The molecule has 3 aromatic heterocycles. The van der Waals surface area contributed by atoms with E-state index in [1.807, 2.05) is 35.2 Å². The average molecular weight is 361 g/mol. The van der Waals surface area contributed by atoms with Crippen molar-refractivity contribution >= 4 is 22.7 Å². The van der Waals surface area contributed by atoms with Crippen LogP contribution in [0.5, 0.6) is 0 Å². The number of furan rings is 1. The summed E-state index contributed by atoms with van der Waals surface area (Å²) >= 11 is 0. The topological polar surface area (TPSA) is 76.5 Å². The minimum absolute atomic E-state index is 0.0490. The summed E-state index contributed by atoms with van der Waals surface area (Å²) in [5, 5.41) is 5.27. The summed E-state index contributed by atoms with van der Waals surface area (Å²) in [6.45, 7) is 3.57. The van der Waals surface area contributed by atoms with Gasteiger partial charge in [0.05, 0.1) is 12.0 Å². The highest BCUT2D eigenvalue weighted by atomic mass is 16.3. The Kier molecular flexibility index (Phi) is 3.50. The van der Waals surface area contributed by atoms with E-state index in [9.17, 15) is 4.79 Å². The molecule has 1 saturated heterocycles. The normalized spacial score (nSPS) is 20.4. The maximum absolute atomic E-state index is 13.1. The Bertz CT molecular complexity index is 1150. The van der Waals surface area contributed by atoms with Crippen LogP contribution in [0.2, 0.25) is 0 Å². The molecule has 1 aromatic carbocycles. The van der Waals surface area contributed by atoms with Crippen LogP contribution >= 0.6 is 0 Å². The number of likely N-dealkylation sites (tertiary alicyclic amines) is 1. The molecule has 1 atom stereocenters. The van der Waals surface area contributed by atoms with Gasteiger partial charge >= 0.3 is 0 Å². The number of fused-ring (bicyclic) bond motifs is 2. The molecule has 1 unspecified atom stereocenters. The predicted molar refractivity (Wildman–Crippen MR) is 99.5 cm³/mol. The third-order valence-electron chi connectivity index (χ3n) is 5.48. The molecule has 1 amide bonds. The van der Waals surface area contributed by atoms with E-state index in [1.165, 1.54) is 6.33 Å². The highest BCUT2D eigenvalue weighted by molar-refractivity contribution is 5.97. The summed E-state index contributed by atoms with van der Waals surface area (Å²) in [5.41, 5.74) is 2.31. The molecule has 1 aliphatic heterocycles. The number of hydrogen-bond acceptors (Lipinski definition) is 5. The van der Waals surface area contributed by atoms with Gasteiger partial charge in [0.1, 0.15) is 11.9 Å². The van der Waals surface area contributed by atoms with Crippen molar-refractivity contribution in [3.8, 4) is 0 Å². The van der Waals surface area contributed by atoms with Gasteiger partial charge in [-0.25, -0.2) is 9.50 Å². The quantitative estimate of drug-likeness (QED) is 0.548. The lowest BCUT2D eigenvalue weighted by molar-refractivity contribution is 0.0646. The Balaban J connectivity index is 1.48. The Labute approximate surface area is 155 Å². The van der Waals surface area contributed by atoms with Gasteiger partial charge in [-0.2, -0.15) is 10.1 Å². The number of carbonyl (C=O) groups excluding carboxylic acids is 1. The molecule has 1 aliphatic rings. The third-order valence-corrected chi connectivity index (χ3v) is 5.48. The van der Waals surface area contributed by atoms with E-state index in [4.69, 9.17) is 4.42 Å². The maximum atomic E-state index is 13.1. The van der Waals surface area contributed by atoms with Gasteiger partial charge in [0.2, 0.25) is 0 Å². The summed E-state index contributed by atoms with van der Waals surface area (Å²) < 4.78 is 7.16. The fraction of sp³-hybridized carbons (Fsp3) is 0.300. The molecular weight excluding hydrogens is 342 g/mol. The van der Waals surface area contributed by atoms with E-state index in [0.717, 1.165) is 36.0 Å². The number of aromatic nitrogens is 4. The molecule has 0 radical (unpaired) electrons. The lowest BCUT2D eigenvalue weighted by atomic mass is 9.78. The largest absolute Gasteiger partial charge is 0.464 e. The number of carbonyl (C=O) groups is 1. The first-order valence-electron chi connectivity index (χ1n) is 9.06. The maximum Gasteiger partial charge on any atom is 0.253 e. The minimum Gasteiger partial charge on any atom is -0.464 e. The Morgan fingerprint density at radius 3 is 3.07 bits per heavy atom. The predicted octanol–water partition coefficient (Wildman–Crippen LogP) is 3.06. The molecule has 27 heavy (non-hydrogen) atoms. The number of piperidine rings is 1. The molecule has 7 nitrogen and oxygen atoms in total.